The third-order valence-corrected chi connectivity index (χ3v) is 8.00. The summed E-state index contributed by atoms with van der Waals surface area (Å²) in [5, 5.41) is 21.5. The van der Waals surface area contributed by atoms with Gasteiger partial charge in [0.2, 0.25) is 0 Å². The minimum Gasteiger partial charge on any atom is -0.354 e. The van der Waals surface area contributed by atoms with Crippen LogP contribution in [-0.4, -0.2) is 54.5 Å². The van der Waals surface area contributed by atoms with Gasteiger partial charge in [0, 0.05) is 62.0 Å². The number of piperazine rings is 1. The van der Waals surface area contributed by atoms with Crippen LogP contribution < -0.4 is 0 Å². The molecular weight excluding hydrogens is 489 g/mol. The lowest BCUT2D eigenvalue weighted by molar-refractivity contribution is -0.385. The van der Waals surface area contributed by atoms with E-state index < -0.39 is 9.85 Å². The van der Waals surface area contributed by atoms with E-state index in [9.17, 15) is 20.2 Å². The molecule has 168 valence electrons. The Morgan fingerprint density at radius 2 is 1.03 bits per heavy atom. The quantitative estimate of drug-likeness (QED) is 0.306. The first kappa shape index (κ1) is 24.4. The Hall–Kier alpha value is -2.28. The molecule has 0 amide bonds. The van der Waals surface area contributed by atoms with Crippen molar-refractivity contribution in [3.8, 4) is 0 Å². The number of thioether (sulfide) groups is 2. The largest absolute Gasteiger partial charge is 0.354 e. The van der Waals surface area contributed by atoms with Crippen LogP contribution in [0, 0.1) is 20.2 Å². The average Bonchev–Trinajstić information content (AvgIpc) is 2.81. The monoisotopic (exact) mass is 508 g/mol. The summed E-state index contributed by atoms with van der Waals surface area (Å²) in [6.07, 6.45) is 0. The number of rotatable bonds is 6. The van der Waals surface area contributed by atoms with Gasteiger partial charge in [0.1, 0.15) is 8.64 Å². The van der Waals surface area contributed by atoms with E-state index in [4.69, 9.17) is 24.4 Å². The number of non-ortho nitro benzene ring substituents is 2. The molecule has 1 heterocycles. The number of thiocarbonyl (C=S) groups is 2. The molecule has 0 radical (unpaired) electrons. The highest BCUT2D eigenvalue weighted by Gasteiger charge is 2.21. The number of benzene rings is 2. The molecule has 1 aliphatic rings. The number of nitrogens with zero attached hydrogens (tertiary/aromatic N) is 4. The number of nitro groups is 2. The molecular formula is C20H20N4O4S4. The molecule has 0 aromatic heterocycles. The van der Waals surface area contributed by atoms with Gasteiger partial charge in [-0.05, 0) is 11.1 Å². The molecule has 1 aliphatic heterocycles. The van der Waals surface area contributed by atoms with Crippen molar-refractivity contribution < 1.29 is 9.85 Å². The Bertz CT molecular complexity index is 912. The van der Waals surface area contributed by atoms with Gasteiger partial charge in [-0.3, -0.25) is 20.2 Å². The van der Waals surface area contributed by atoms with E-state index >= 15 is 0 Å². The first-order chi connectivity index (χ1) is 15.3. The van der Waals surface area contributed by atoms with Gasteiger partial charge in [0.15, 0.2) is 0 Å². The molecule has 0 N–H and O–H groups in total. The van der Waals surface area contributed by atoms with Crippen LogP contribution in [0.3, 0.4) is 0 Å². The highest BCUT2D eigenvalue weighted by Crippen LogP contribution is 2.23. The van der Waals surface area contributed by atoms with Crippen molar-refractivity contribution >= 4 is 68.0 Å². The van der Waals surface area contributed by atoms with Crippen LogP contribution in [0.4, 0.5) is 11.4 Å². The Kier molecular flexibility index (Phi) is 8.79. The molecule has 3 rings (SSSR count). The van der Waals surface area contributed by atoms with Gasteiger partial charge in [0.25, 0.3) is 11.4 Å². The van der Waals surface area contributed by atoms with Gasteiger partial charge in [-0.25, -0.2) is 0 Å². The van der Waals surface area contributed by atoms with Gasteiger partial charge in [0.05, 0.1) is 9.85 Å². The van der Waals surface area contributed by atoms with E-state index in [1.54, 1.807) is 47.8 Å². The molecule has 12 heteroatoms. The number of nitro benzene ring substituents is 2. The second-order valence-electron chi connectivity index (χ2n) is 6.93. The maximum Gasteiger partial charge on any atom is 0.269 e. The summed E-state index contributed by atoms with van der Waals surface area (Å²) >= 11 is 14.2. The van der Waals surface area contributed by atoms with Gasteiger partial charge >= 0.3 is 0 Å². The van der Waals surface area contributed by atoms with Crippen molar-refractivity contribution in [1.29, 1.82) is 0 Å². The van der Waals surface area contributed by atoms with Crippen molar-refractivity contribution in [2.75, 3.05) is 26.2 Å². The van der Waals surface area contributed by atoms with Gasteiger partial charge in [-0.15, -0.1) is 0 Å². The van der Waals surface area contributed by atoms with Crippen LogP contribution in [0.5, 0.6) is 0 Å². The first-order valence-electron chi connectivity index (χ1n) is 9.63. The van der Waals surface area contributed by atoms with E-state index in [-0.39, 0.29) is 11.4 Å². The fraction of sp³-hybridized carbons (Fsp3) is 0.300. The maximum absolute atomic E-state index is 10.7. The zero-order chi connectivity index (χ0) is 23.1. The third kappa shape index (κ3) is 6.86. The van der Waals surface area contributed by atoms with E-state index in [0.29, 0.717) is 11.5 Å². The molecule has 0 spiro atoms. The van der Waals surface area contributed by atoms with Crippen LogP contribution in [0.2, 0.25) is 0 Å². The summed E-state index contributed by atoms with van der Waals surface area (Å²) in [6.45, 7) is 3.13. The predicted octanol–water partition coefficient (Wildman–Crippen LogP) is 4.86. The number of hydrogen-bond acceptors (Lipinski definition) is 8. The van der Waals surface area contributed by atoms with Gasteiger partial charge < -0.3 is 9.80 Å². The van der Waals surface area contributed by atoms with E-state index in [2.05, 4.69) is 9.80 Å². The smallest absolute Gasteiger partial charge is 0.269 e. The van der Waals surface area contributed by atoms with Crippen LogP contribution in [0.25, 0.3) is 0 Å². The van der Waals surface area contributed by atoms with Crippen LogP contribution in [-0.2, 0) is 11.5 Å². The minimum atomic E-state index is -0.407. The third-order valence-electron chi connectivity index (χ3n) is 4.82. The maximum atomic E-state index is 10.7. The second kappa shape index (κ2) is 11.5. The summed E-state index contributed by atoms with van der Waals surface area (Å²) in [7, 11) is 0. The van der Waals surface area contributed by atoms with Crippen LogP contribution in [0.1, 0.15) is 11.1 Å². The lowest BCUT2D eigenvalue weighted by atomic mass is 10.2. The summed E-state index contributed by atoms with van der Waals surface area (Å²) in [4.78, 5) is 25.0. The molecule has 0 saturated carbocycles. The zero-order valence-corrected chi connectivity index (χ0v) is 20.2. The molecule has 8 nitrogen and oxygen atoms in total. The average molecular weight is 509 g/mol. The molecule has 2 aromatic rings. The summed E-state index contributed by atoms with van der Waals surface area (Å²) in [5.41, 5.74) is 2.15. The molecule has 0 aliphatic carbocycles. The van der Waals surface area contributed by atoms with Gasteiger partial charge in [-0.1, -0.05) is 72.2 Å². The Morgan fingerprint density at radius 3 is 1.31 bits per heavy atom. The first-order valence-corrected chi connectivity index (χ1v) is 12.4. The normalized spacial score (nSPS) is 13.6. The minimum absolute atomic E-state index is 0.0832. The van der Waals surface area contributed by atoms with Crippen LogP contribution in [0.15, 0.2) is 48.5 Å². The zero-order valence-electron chi connectivity index (χ0n) is 16.9. The Labute approximate surface area is 204 Å². The number of hydrogen-bond donors (Lipinski definition) is 0. The van der Waals surface area contributed by atoms with E-state index in [1.807, 2.05) is 0 Å². The lowest BCUT2D eigenvalue weighted by Crippen LogP contribution is -2.48. The fourth-order valence-corrected chi connectivity index (χ4v) is 5.39. The topological polar surface area (TPSA) is 92.8 Å². The molecule has 0 atom stereocenters. The van der Waals surface area contributed by atoms with Gasteiger partial charge in [-0.2, -0.15) is 0 Å². The fourth-order valence-electron chi connectivity index (χ4n) is 2.97. The summed E-state index contributed by atoms with van der Waals surface area (Å²) < 4.78 is 1.62. The van der Waals surface area contributed by atoms with Crippen LogP contribution >= 0.6 is 48.0 Å². The molecule has 1 saturated heterocycles. The van der Waals surface area contributed by atoms with Crippen molar-refractivity contribution in [3.63, 3.8) is 0 Å². The highest BCUT2D eigenvalue weighted by atomic mass is 32.2. The lowest BCUT2D eigenvalue weighted by Gasteiger charge is -2.37. The van der Waals surface area contributed by atoms with E-state index in [1.165, 1.54) is 24.3 Å². The molecule has 1 fully saturated rings. The van der Waals surface area contributed by atoms with Crippen molar-refractivity contribution in [2.45, 2.75) is 11.5 Å². The molecule has 0 unspecified atom stereocenters. The van der Waals surface area contributed by atoms with Crippen molar-refractivity contribution in [3.05, 3.63) is 79.9 Å². The summed E-state index contributed by atoms with van der Waals surface area (Å²) in [5.74, 6) is 1.33. The van der Waals surface area contributed by atoms with Crippen molar-refractivity contribution in [1.82, 2.24) is 9.80 Å². The Morgan fingerprint density at radius 1 is 0.719 bits per heavy atom. The molecule has 32 heavy (non-hydrogen) atoms. The standard InChI is InChI=1S/C20H20N4O4S4/c25-23(26)17-5-1-15(2-6-17)13-31-19(29)21-9-11-22(12-10-21)20(30)32-14-16-3-7-18(8-4-16)24(27)28/h1-8H,9-14H2. The summed E-state index contributed by atoms with van der Waals surface area (Å²) in [6, 6.07) is 13.1. The highest BCUT2D eigenvalue weighted by molar-refractivity contribution is 8.22. The predicted molar refractivity (Wildman–Crippen MR) is 137 cm³/mol. The van der Waals surface area contributed by atoms with E-state index in [0.717, 1.165) is 45.9 Å². The molecule has 0 bridgehead atoms. The molecule has 2 aromatic carbocycles. The SMILES string of the molecule is O=[N+]([O-])c1ccc(CSC(=S)N2CCN(C(=S)SCc3ccc([N+](=O)[O-])cc3)CC2)cc1. The Balaban J connectivity index is 1.39. The van der Waals surface area contributed by atoms with Crippen molar-refractivity contribution in [2.24, 2.45) is 0 Å². The second-order valence-corrected chi connectivity index (χ2v) is 10.1.